The molecule has 4 heteroatoms. The molecule has 0 aromatic heterocycles. The lowest BCUT2D eigenvalue weighted by Crippen LogP contribution is -2.40. The van der Waals surface area contributed by atoms with Gasteiger partial charge in [0.25, 0.3) is 0 Å². The van der Waals surface area contributed by atoms with Gasteiger partial charge in [0.05, 0.1) is 11.6 Å². The molecular formula is C22H24N4. The van der Waals surface area contributed by atoms with Crippen molar-refractivity contribution in [3.8, 4) is 17.2 Å². The molecule has 2 aromatic carbocycles. The molecule has 0 radical (unpaired) electrons. The largest absolute Gasteiger partial charge is 0.387 e. The molecule has 0 amide bonds. The predicted molar refractivity (Wildman–Crippen MR) is 107 cm³/mol. The summed E-state index contributed by atoms with van der Waals surface area (Å²) in [4.78, 5) is 0. The normalized spacial score (nSPS) is 16.5. The van der Waals surface area contributed by atoms with Gasteiger partial charge in [-0.2, -0.15) is 5.26 Å². The third kappa shape index (κ3) is 3.44. The van der Waals surface area contributed by atoms with Crippen molar-refractivity contribution in [2.24, 2.45) is 0 Å². The monoisotopic (exact) mass is 344 g/mol. The molecule has 3 N–H and O–H groups in total. The van der Waals surface area contributed by atoms with Crippen molar-refractivity contribution >= 4 is 18.0 Å². The van der Waals surface area contributed by atoms with Crippen molar-refractivity contribution in [1.29, 1.82) is 5.26 Å². The van der Waals surface area contributed by atoms with E-state index in [1.165, 1.54) is 16.1 Å². The molecule has 0 spiro atoms. The van der Waals surface area contributed by atoms with Gasteiger partial charge in [0, 0.05) is 29.7 Å². The van der Waals surface area contributed by atoms with Crippen LogP contribution in [0.3, 0.4) is 0 Å². The van der Waals surface area contributed by atoms with Crippen LogP contribution in [0.25, 0.3) is 23.4 Å². The first-order chi connectivity index (χ1) is 12.7. The van der Waals surface area contributed by atoms with E-state index in [4.69, 9.17) is 0 Å². The van der Waals surface area contributed by atoms with Gasteiger partial charge in [-0.1, -0.05) is 12.1 Å². The molecule has 2 aliphatic rings. The maximum absolute atomic E-state index is 9.31. The molecule has 0 saturated carbocycles. The van der Waals surface area contributed by atoms with Crippen LogP contribution in [0.1, 0.15) is 24.0 Å². The summed E-state index contributed by atoms with van der Waals surface area (Å²) in [7, 11) is 0. The molecule has 4 nitrogen and oxygen atoms in total. The summed E-state index contributed by atoms with van der Waals surface area (Å²) in [6.07, 6.45) is 6.62. The fourth-order valence-corrected chi connectivity index (χ4v) is 3.82. The highest BCUT2D eigenvalue weighted by molar-refractivity contribution is 5.72. The zero-order valence-electron chi connectivity index (χ0n) is 15.1. The molecule has 4 rings (SSSR count). The summed E-state index contributed by atoms with van der Waals surface area (Å²) in [5, 5.41) is 22.3. The Morgan fingerprint density at radius 3 is 2.69 bits per heavy atom. The van der Waals surface area contributed by atoms with Crippen molar-refractivity contribution in [2.45, 2.75) is 25.8 Å². The molecule has 2 aliphatic heterocycles. The fourth-order valence-electron chi connectivity index (χ4n) is 3.82. The van der Waals surface area contributed by atoms with Crippen molar-refractivity contribution in [3.63, 3.8) is 0 Å². The van der Waals surface area contributed by atoms with Crippen LogP contribution in [0.4, 0.5) is 5.69 Å². The van der Waals surface area contributed by atoms with E-state index in [1.807, 2.05) is 19.1 Å². The highest BCUT2D eigenvalue weighted by Gasteiger charge is 2.14. The Balaban J connectivity index is 1.81. The van der Waals surface area contributed by atoms with Crippen molar-refractivity contribution < 1.29 is 0 Å². The maximum Gasteiger partial charge on any atom is 0.0991 e. The summed E-state index contributed by atoms with van der Waals surface area (Å²) < 4.78 is 0. The van der Waals surface area contributed by atoms with Gasteiger partial charge in [0.1, 0.15) is 0 Å². The standard InChI is InChI=1S/C22H24N4/c1-15-8-16(13-23)10-18(9-15)19-11-17-2-5-25-14-21(17)22(12-19)26-20-3-6-24-7-4-20/h2,8-12,14,20,24-26H,3-7H2,1H3. The first-order valence-corrected chi connectivity index (χ1v) is 9.30. The van der Waals surface area contributed by atoms with Gasteiger partial charge >= 0.3 is 0 Å². The number of fused-ring (bicyclic) bond motifs is 1. The van der Waals surface area contributed by atoms with Crippen LogP contribution >= 0.6 is 0 Å². The molecule has 0 unspecified atom stereocenters. The number of benzene rings is 2. The number of hydrogen-bond acceptors (Lipinski definition) is 4. The Bertz CT molecular complexity index is 978. The van der Waals surface area contributed by atoms with E-state index in [-0.39, 0.29) is 0 Å². The van der Waals surface area contributed by atoms with Gasteiger partial charge in [-0.25, -0.2) is 0 Å². The second-order valence-corrected chi connectivity index (χ2v) is 7.15. The van der Waals surface area contributed by atoms with Crippen molar-refractivity contribution in [1.82, 2.24) is 10.6 Å². The number of nitrogens with one attached hydrogen (secondary N) is 3. The summed E-state index contributed by atoms with van der Waals surface area (Å²) >= 11 is 0. The van der Waals surface area contributed by atoms with E-state index in [2.05, 4.69) is 52.5 Å². The van der Waals surface area contributed by atoms with Crippen molar-refractivity contribution in [3.05, 3.63) is 51.9 Å². The fraction of sp³-hybridized carbons (Fsp3) is 0.318. The topological polar surface area (TPSA) is 59.9 Å². The summed E-state index contributed by atoms with van der Waals surface area (Å²) in [5.41, 5.74) is 5.26. The third-order valence-corrected chi connectivity index (χ3v) is 5.14. The Morgan fingerprint density at radius 2 is 1.88 bits per heavy atom. The Labute approximate surface area is 154 Å². The zero-order chi connectivity index (χ0) is 17.9. The van der Waals surface area contributed by atoms with Gasteiger partial charge in [-0.05, 0) is 79.0 Å². The minimum atomic E-state index is 0.498. The van der Waals surface area contributed by atoms with Gasteiger partial charge in [-0.15, -0.1) is 0 Å². The molecule has 2 heterocycles. The second-order valence-electron chi connectivity index (χ2n) is 7.15. The van der Waals surface area contributed by atoms with E-state index >= 15 is 0 Å². The molecule has 2 aromatic rings. The molecule has 1 saturated heterocycles. The van der Waals surface area contributed by atoms with Gasteiger partial charge < -0.3 is 16.0 Å². The minimum Gasteiger partial charge on any atom is -0.387 e. The summed E-state index contributed by atoms with van der Waals surface area (Å²) in [6, 6.07) is 13.3. The highest BCUT2D eigenvalue weighted by atomic mass is 15.0. The van der Waals surface area contributed by atoms with Crippen LogP contribution in [0.2, 0.25) is 0 Å². The number of nitrogens with zero attached hydrogens (tertiary/aromatic N) is 1. The number of nitriles is 1. The lowest BCUT2D eigenvalue weighted by molar-refractivity contribution is 0.479. The molecule has 26 heavy (non-hydrogen) atoms. The van der Waals surface area contributed by atoms with E-state index in [9.17, 15) is 5.26 Å². The third-order valence-electron chi connectivity index (χ3n) is 5.14. The van der Waals surface area contributed by atoms with Crippen LogP contribution in [0.15, 0.2) is 30.3 Å². The second kappa shape index (κ2) is 7.23. The molecule has 0 bridgehead atoms. The Morgan fingerprint density at radius 1 is 1.08 bits per heavy atom. The lowest BCUT2D eigenvalue weighted by atomic mass is 9.97. The van der Waals surface area contributed by atoms with E-state index in [0.717, 1.165) is 49.2 Å². The molecule has 0 atom stereocenters. The summed E-state index contributed by atoms with van der Waals surface area (Å²) in [6.45, 7) is 5.02. The van der Waals surface area contributed by atoms with Crippen LogP contribution in [0.5, 0.6) is 0 Å². The van der Waals surface area contributed by atoms with Crippen LogP contribution in [-0.2, 0) is 0 Å². The van der Waals surface area contributed by atoms with Crippen LogP contribution < -0.4 is 26.4 Å². The Hall–Kier alpha value is -2.77. The predicted octanol–water partition coefficient (Wildman–Crippen LogP) is 1.82. The van der Waals surface area contributed by atoms with E-state index in [0.29, 0.717) is 11.6 Å². The molecule has 1 fully saturated rings. The number of aryl methyl sites for hydroxylation is 1. The zero-order valence-corrected chi connectivity index (χ0v) is 15.1. The first-order valence-electron chi connectivity index (χ1n) is 9.30. The van der Waals surface area contributed by atoms with E-state index in [1.54, 1.807) is 0 Å². The lowest BCUT2D eigenvalue weighted by Gasteiger charge is -2.25. The van der Waals surface area contributed by atoms with Crippen LogP contribution in [-0.4, -0.2) is 25.7 Å². The molecular weight excluding hydrogens is 320 g/mol. The molecule has 132 valence electrons. The van der Waals surface area contributed by atoms with Gasteiger partial charge in [0.2, 0.25) is 0 Å². The SMILES string of the molecule is Cc1cc(C#N)cc(-c2cc(NC3CCNCC3)c3c(c2)=CCNC=3)c1. The van der Waals surface area contributed by atoms with Crippen LogP contribution in [0, 0.1) is 18.3 Å². The highest BCUT2D eigenvalue weighted by Crippen LogP contribution is 2.23. The number of rotatable bonds is 3. The summed E-state index contributed by atoms with van der Waals surface area (Å²) in [5.74, 6) is 0. The number of piperidine rings is 1. The first kappa shape index (κ1) is 16.7. The number of hydrogen-bond donors (Lipinski definition) is 3. The Kier molecular flexibility index (Phi) is 4.64. The number of anilines is 1. The minimum absolute atomic E-state index is 0.498. The van der Waals surface area contributed by atoms with E-state index < -0.39 is 0 Å². The van der Waals surface area contributed by atoms with Crippen molar-refractivity contribution in [2.75, 3.05) is 25.0 Å². The average Bonchev–Trinajstić information content (AvgIpc) is 2.68. The molecule has 0 aliphatic carbocycles. The van der Waals surface area contributed by atoms with Gasteiger partial charge in [-0.3, -0.25) is 0 Å². The van der Waals surface area contributed by atoms with Gasteiger partial charge in [0.15, 0.2) is 0 Å². The quantitative estimate of drug-likeness (QED) is 0.795. The smallest absolute Gasteiger partial charge is 0.0991 e. The maximum atomic E-state index is 9.31. The average molecular weight is 344 g/mol.